The Balaban J connectivity index is 1.76. The Morgan fingerprint density at radius 1 is 1.00 bits per heavy atom. The fourth-order valence-corrected chi connectivity index (χ4v) is 3.23. The van der Waals surface area contributed by atoms with E-state index in [1.54, 1.807) is 4.68 Å². The molecule has 2 aromatic carbocycles. The number of rotatable bonds is 4. The summed E-state index contributed by atoms with van der Waals surface area (Å²) in [4.78, 5) is 23.5. The number of carbonyl (C=O) groups is 2. The summed E-state index contributed by atoms with van der Waals surface area (Å²) in [6.45, 7) is 0. The molecule has 1 aliphatic heterocycles. The molecule has 0 spiro atoms. The molecule has 0 N–H and O–H groups in total. The van der Waals surface area contributed by atoms with Crippen LogP contribution < -0.4 is 0 Å². The first-order valence-corrected chi connectivity index (χ1v) is 8.95. The predicted molar refractivity (Wildman–Crippen MR) is 101 cm³/mol. The molecule has 1 aromatic heterocycles. The lowest BCUT2D eigenvalue weighted by molar-refractivity contribution is -0.124. The third-order valence-corrected chi connectivity index (χ3v) is 4.66. The van der Waals surface area contributed by atoms with Gasteiger partial charge in [0.15, 0.2) is 0 Å². The predicted octanol–water partition coefficient (Wildman–Crippen LogP) is 3.57. The van der Waals surface area contributed by atoms with Crippen LogP contribution in [0.15, 0.2) is 72.0 Å². The monoisotopic (exact) mass is 362 g/mol. The van der Waals surface area contributed by atoms with Gasteiger partial charge in [0.1, 0.15) is 5.69 Å². The van der Waals surface area contributed by atoms with Crippen LogP contribution in [-0.2, 0) is 4.79 Å². The van der Waals surface area contributed by atoms with Crippen molar-refractivity contribution in [2.24, 2.45) is 5.10 Å². The van der Waals surface area contributed by atoms with Gasteiger partial charge in [-0.25, -0.2) is 4.68 Å². The molecule has 3 aromatic rings. The highest BCUT2D eigenvalue weighted by molar-refractivity contribution is 8.14. The first-order valence-electron chi connectivity index (χ1n) is 7.96. The molecule has 26 heavy (non-hydrogen) atoms. The van der Waals surface area contributed by atoms with Crippen LogP contribution in [0, 0.1) is 0 Å². The molecule has 0 unspecified atom stereocenters. The van der Waals surface area contributed by atoms with Gasteiger partial charge in [0, 0.05) is 17.3 Å². The molecule has 128 valence electrons. The number of hydrogen-bond acceptors (Lipinski definition) is 5. The van der Waals surface area contributed by atoms with Crippen molar-refractivity contribution in [1.82, 2.24) is 14.8 Å². The number of nitrogens with zero attached hydrogens (tertiary/aromatic N) is 4. The molecule has 4 rings (SSSR count). The average molecular weight is 362 g/mol. The largest absolute Gasteiger partial charge is 0.309 e. The van der Waals surface area contributed by atoms with Crippen LogP contribution in [0.3, 0.4) is 0 Å². The maximum Gasteiger partial charge on any atom is 0.309 e. The third kappa shape index (κ3) is 3.16. The van der Waals surface area contributed by atoms with Crippen molar-refractivity contribution in [3.8, 4) is 16.9 Å². The van der Waals surface area contributed by atoms with Gasteiger partial charge in [-0.05, 0) is 12.1 Å². The molecule has 7 heteroatoms. The van der Waals surface area contributed by atoms with E-state index in [2.05, 4.69) is 10.2 Å². The molecule has 1 saturated heterocycles. The molecule has 0 saturated carbocycles. The van der Waals surface area contributed by atoms with E-state index in [9.17, 15) is 9.59 Å². The first kappa shape index (κ1) is 16.3. The third-order valence-electron chi connectivity index (χ3n) is 3.85. The maximum atomic E-state index is 11.7. The van der Waals surface area contributed by atoms with Crippen molar-refractivity contribution in [3.63, 3.8) is 0 Å². The summed E-state index contributed by atoms with van der Waals surface area (Å²) >= 11 is 0.954. The number of hydrogen-bond donors (Lipinski definition) is 0. The first-order chi connectivity index (χ1) is 12.7. The number of aromatic nitrogens is 2. The summed E-state index contributed by atoms with van der Waals surface area (Å²) in [5.41, 5.74) is 3.28. The normalized spacial score (nSPS) is 14.5. The van der Waals surface area contributed by atoms with E-state index in [1.807, 2.05) is 66.9 Å². The van der Waals surface area contributed by atoms with Crippen molar-refractivity contribution < 1.29 is 9.59 Å². The van der Waals surface area contributed by atoms with Crippen LogP contribution in [0.2, 0.25) is 0 Å². The number of imide groups is 1. The zero-order valence-electron chi connectivity index (χ0n) is 13.6. The van der Waals surface area contributed by atoms with E-state index in [1.165, 1.54) is 6.21 Å². The number of hydrazone groups is 1. The second-order valence-corrected chi connectivity index (χ2v) is 6.51. The lowest BCUT2D eigenvalue weighted by Crippen LogP contribution is -2.22. The summed E-state index contributed by atoms with van der Waals surface area (Å²) in [7, 11) is 0. The Bertz CT molecular complexity index is 967. The van der Waals surface area contributed by atoms with Gasteiger partial charge < -0.3 is 0 Å². The zero-order chi connectivity index (χ0) is 17.9. The standard InChI is InChI=1S/C19H14N4O2S/c24-17-13-26-19(25)23(17)20-11-15-12-22(16-9-5-2-6-10-16)21-18(15)14-7-3-1-4-8-14/h1-12H,13H2/b20-11+. The van der Waals surface area contributed by atoms with Crippen LogP contribution >= 0.6 is 11.8 Å². The molecule has 1 aliphatic rings. The number of benzene rings is 2. The van der Waals surface area contributed by atoms with Gasteiger partial charge in [-0.1, -0.05) is 60.3 Å². The SMILES string of the molecule is O=C1CSC(=O)N1/N=C/c1cn(-c2ccccc2)nc1-c1ccccc1. The summed E-state index contributed by atoms with van der Waals surface area (Å²) in [6, 6.07) is 19.4. The van der Waals surface area contributed by atoms with Gasteiger partial charge in [0.25, 0.3) is 5.91 Å². The van der Waals surface area contributed by atoms with Gasteiger partial charge in [0.2, 0.25) is 0 Å². The minimum Gasteiger partial charge on any atom is -0.271 e. The van der Waals surface area contributed by atoms with E-state index in [4.69, 9.17) is 0 Å². The maximum absolute atomic E-state index is 11.7. The quantitative estimate of drug-likeness (QED) is 0.666. The summed E-state index contributed by atoms with van der Waals surface area (Å²) < 4.78 is 1.76. The van der Waals surface area contributed by atoms with Crippen LogP contribution in [0.5, 0.6) is 0 Å². The lowest BCUT2D eigenvalue weighted by Gasteiger charge is -2.03. The molecule has 6 nitrogen and oxygen atoms in total. The Hall–Kier alpha value is -3.19. The highest BCUT2D eigenvalue weighted by atomic mass is 32.2. The zero-order valence-corrected chi connectivity index (χ0v) is 14.5. The number of thioether (sulfide) groups is 1. The summed E-state index contributed by atoms with van der Waals surface area (Å²) in [5.74, 6) is -0.182. The van der Waals surface area contributed by atoms with Crippen molar-refractivity contribution in [3.05, 3.63) is 72.4 Å². The van der Waals surface area contributed by atoms with E-state index >= 15 is 0 Å². The van der Waals surface area contributed by atoms with Gasteiger partial charge in [0.05, 0.1) is 17.7 Å². The fraction of sp³-hybridized carbons (Fsp3) is 0.0526. The highest BCUT2D eigenvalue weighted by Gasteiger charge is 2.29. The molecule has 0 aliphatic carbocycles. The molecule has 1 fully saturated rings. The molecular weight excluding hydrogens is 348 g/mol. The summed E-state index contributed by atoms with van der Waals surface area (Å²) in [6.07, 6.45) is 3.34. The van der Waals surface area contributed by atoms with E-state index in [-0.39, 0.29) is 16.9 Å². The van der Waals surface area contributed by atoms with Crippen LogP contribution in [0.1, 0.15) is 5.56 Å². The van der Waals surface area contributed by atoms with Crippen LogP contribution in [0.25, 0.3) is 16.9 Å². The average Bonchev–Trinajstić information content (AvgIpc) is 3.25. The van der Waals surface area contributed by atoms with E-state index in [0.29, 0.717) is 0 Å². The van der Waals surface area contributed by atoms with Gasteiger partial charge in [-0.2, -0.15) is 15.2 Å². The van der Waals surface area contributed by atoms with Gasteiger partial charge in [-0.3, -0.25) is 9.59 Å². The highest BCUT2D eigenvalue weighted by Crippen LogP contribution is 2.23. The number of para-hydroxylation sites is 1. The Morgan fingerprint density at radius 2 is 1.69 bits per heavy atom. The van der Waals surface area contributed by atoms with E-state index in [0.717, 1.165) is 39.3 Å². The van der Waals surface area contributed by atoms with Crippen molar-refractivity contribution >= 4 is 29.1 Å². The smallest absolute Gasteiger partial charge is 0.271 e. The fourth-order valence-electron chi connectivity index (χ4n) is 2.59. The Kier molecular flexibility index (Phi) is 4.37. The topological polar surface area (TPSA) is 67.6 Å². The van der Waals surface area contributed by atoms with Crippen LogP contribution in [0.4, 0.5) is 4.79 Å². The summed E-state index contributed by atoms with van der Waals surface area (Å²) in [5, 5.41) is 9.29. The molecule has 0 bridgehead atoms. The second-order valence-electron chi connectivity index (χ2n) is 5.58. The number of amides is 2. The van der Waals surface area contributed by atoms with Crippen molar-refractivity contribution in [2.45, 2.75) is 0 Å². The Labute approximate surface area is 154 Å². The Morgan fingerprint density at radius 3 is 2.35 bits per heavy atom. The molecule has 2 amide bonds. The van der Waals surface area contributed by atoms with Crippen molar-refractivity contribution in [1.29, 1.82) is 0 Å². The molecule has 2 heterocycles. The molecular formula is C19H14N4O2S. The number of carbonyl (C=O) groups excluding carboxylic acids is 2. The minimum absolute atomic E-state index is 0.130. The second kappa shape index (κ2) is 6.97. The minimum atomic E-state index is -0.358. The molecule has 0 atom stereocenters. The van der Waals surface area contributed by atoms with Gasteiger partial charge >= 0.3 is 5.24 Å². The van der Waals surface area contributed by atoms with E-state index < -0.39 is 0 Å². The molecule has 0 radical (unpaired) electrons. The van der Waals surface area contributed by atoms with Crippen LogP contribution in [-0.4, -0.2) is 37.9 Å². The van der Waals surface area contributed by atoms with Crippen molar-refractivity contribution in [2.75, 3.05) is 5.75 Å². The lowest BCUT2D eigenvalue weighted by atomic mass is 10.1. The van der Waals surface area contributed by atoms with Gasteiger partial charge in [-0.15, -0.1) is 0 Å².